The van der Waals surface area contributed by atoms with Crippen molar-refractivity contribution in [1.29, 1.82) is 0 Å². The van der Waals surface area contributed by atoms with Crippen LogP contribution in [0.4, 0.5) is 5.69 Å². The van der Waals surface area contributed by atoms with Crippen LogP contribution in [0.1, 0.15) is 0 Å². The van der Waals surface area contributed by atoms with Crippen LogP contribution in [0.5, 0.6) is 0 Å². The van der Waals surface area contributed by atoms with Crippen LogP contribution in [0.2, 0.25) is 5.02 Å². The molecule has 14 heteroatoms. The number of benzene rings is 1. The molecule has 32 heavy (non-hydrogen) atoms. The highest BCUT2D eigenvalue weighted by Crippen LogP contribution is 2.28. The summed E-state index contributed by atoms with van der Waals surface area (Å²) in [6.45, 7) is 1.12. The van der Waals surface area contributed by atoms with Gasteiger partial charge in [-0.2, -0.15) is 4.31 Å². The molecule has 11 nitrogen and oxygen atoms in total. The van der Waals surface area contributed by atoms with E-state index in [1.165, 1.54) is 33.4 Å². The Balaban J connectivity index is 1.42. The standard InChI is InChI=1S/C18H19ClN6O5S2/c19-13-4-3-12(10-15(13)32(27,28)24-5-8-29-9-6-24)21-16(26)11-31-18-23-22-17(25(18)20)14-2-1-7-30-14/h1-4,7,10H,5-6,8-9,11,20H2,(H,21,26). The minimum Gasteiger partial charge on any atom is -0.461 e. The monoisotopic (exact) mass is 498 g/mol. The summed E-state index contributed by atoms with van der Waals surface area (Å²) in [6, 6.07) is 7.70. The number of nitrogen functional groups attached to an aromatic ring is 1. The number of furan rings is 1. The summed E-state index contributed by atoms with van der Waals surface area (Å²) in [6.07, 6.45) is 1.49. The Kier molecular flexibility index (Phi) is 6.71. The molecule has 0 unspecified atom stereocenters. The van der Waals surface area contributed by atoms with E-state index in [1.54, 1.807) is 12.1 Å². The number of halogens is 1. The third kappa shape index (κ3) is 4.76. The van der Waals surface area contributed by atoms with Gasteiger partial charge in [0.05, 0.1) is 30.3 Å². The maximum atomic E-state index is 12.9. The number of carbonyl (C=O) groups is 1. The van der Waals surface area contributed by atoms with Crippen molar-refractivity contribution < 1.29 is 22.4 Å². The van der Waals surface area contributed by atoms with Crippen LogP contribution in [0, 0.1) is 0 Å². The molecule has 0 atom stereocenters. The predicted molar refractivity (Wildman–Crippen MR) is 118 cm³/mol. The van der Waals surface area contributed by atoms with Crippen molar-refractivity contribution in [3.05, 3.63) is 41.6 Å². The highest BCUT2D eigenvalue weighted by atomic mass is 35.5. The molecule has 1 saturated heterocycles. The minimum atomic E-state index is -3.81. The van der Waals surface area contributed by atoms with Crippen LogP contribution in [0.3, 0.4) is 0 Å². The largest absolute Gasteiger partial charge is 0.461 e. The van der Waals surface area contributed by atoms with Crippen LogP contribution in [0.25, 0.3) is 11.6 Å². The highest BCUT2D eigenvalue weighted by Gasteiger charge is 2.28. The van der Waals surface area contributed by atoms with Gasteiger partial charge in [0.2, 0.25) is 26.9 Å². The molecule has 0 saturated carbocycles. The van der Waals surface area contributed by atoms with E-state index in [4.69, 9.17) is 26.6 Å². The molecule has 0 radical (unpaired) electrons. The molecule has 0 spiro atoms. The number of nitrogens with two attached hydrogens (primary N) is 1. The molecule has 170 valence electrons. The third-order valence-electron chi connectivity index (χ3n) is 4.54. The average molecular weight is 499 g/mol. The first-order valence-electron chi connectivity index (χ1n) is 9.41. The fraction of sp³-hybridized carbons (Fsp3) is 0.278. The number of carbonyl (C=O) groups excluding carboxylic acids is 1. The molecule has 3 N–H and O–H groups in total. The van der Waals surface area contributed by atoms with Crippen LogP contribution in [-0.2, 0) is 19.6 Å². The van der Waals surface area contributed by atoms with E-state index in [0.29, 0.717) is 35.6 Å². The van der Waals surface area contributed by atoms with Crippen LogP contribution in [0.15, 0.2) is 51.1 Å². The van der Waals surface area contributed by atoms with Gasteiger partial charge in [0, 0.05) is 18.8 Å². The second-order valence-corrected chi connectivity index (χ2v) is 9.91. The summed E-state index contributed by atoms with van der Waals surface area (Å²) in [7, 11) is -3.81. The van der Waals surface area contributed by atoms with Gasteiger partial charge in [0.25, 0.3) is 0 Å². The normalized spacial score (nSPS) is 15.0. The number of nitrogens with one attached hydrogen (secondary N) is 1. The van der Waals surface area contributed by atoms with Crippen LogP contribution < -0.4 is 11.2 Å². The highest BCUT2D eigenvalue weighted by molar-refractivity contribution is 7.99. The first-order valence-corrected chi connectivity index (χ1v) is 12.2. The van der Waals surface area contributed by atoms with E-state index in [0.717, 1.165) is 11.8 Å². The number of sulfonamides is 1. The number of amides is 1. The van der Waals surface area contributed by atoms with Crippen molar-refractivity contribution in [2.45, 2.75) is 10.1 Å². The smallest absolute Gasteiger partial charge is 0.244 e. The molecule has 0 aliphatic carbocycles. The number of nitrogens with zero attached hydrogens (tertiary/aromatic N) is 4. The topological polar surface area (TPSA) is 146 Å². The number of anilines is 1. The van der Waals surface area contributed by atoms with Crippen molar-refractivity contribution in [2.24, 2.45) is 0 Å². The molecule has 1 aromatic carbocycles. The molecule has 3 aromatic rings. The number of thioether (sulfide) groups is 1. The number of hydrogen-bond donors (Lipinski definition) is 2. The van der Waals surface area contributed by atoms with Gasteiger partial charge in [-0.15, -0.1) is 10.2 Å². The number of morpholine rings is 1. The van der Waals surface area contributed by atoms with E-state index >= 15 is 0 Å². The quantitative estimate of drug-likeness (QED) is 0.366. The van der Waals surface area contributed by atoms with Crippen molar-refractivity contribution in [2.75, 3.05) is 43.2 Å². The number of aromatic nitrogens is 3. The first kappa shape index (κ1) is 22.6. The first-order chi connectivity index (χ1) is 15.4. The zero-order valence-electron chi connectivity index (χ0n) is 16.6. The third-order valence-corrected chi connectivity index (χ3v) is 7.86. The van der Waals surface area contributed by atoms with Gasteiger partial charge >= 0.3 is 0 Å². The number of ether oxygens (including phenoxy) is 1. The van der Waals surface area contributed by atoms with E-state index in [-0.39, 0.29) is 34.7 Å². The van der Waals surface area contributed by atoms with E-state index in [9.17, 15) is 13.2 Å². The Labute approximate surface area is 192 Å². The average Bonchev–Trinajstić information content (AvgIpc) is 3.44. The molecule has 0 bridgehead atoms. The Morgan fingerprint density at radius 3 is 2.75 bits per heavy atom. The van der Waals surface area contributed by atoms with Gasteiger partial charge in [-0.05, 0) is 30.3 Å². The summed E-state index contributed by atoms with van der Waals surface area (Å²) >= 11 is 7.22. The molecular formula is C18H19ClN6O5S2. The number of rotatable bonds is 7. The second-order valence-electron chi connectivity index (χ2n) is 6.65. The molecule has 3 heterocycles. The van der Waals surface area contributed by atoms with Gasteiger partial charge in [0.15, 0.2) is 5.76 Å². The maximum Gasteiger partial charge on any atom is 0.244 e. The lowest BCUT2D eigenvalue weighted by molar-refractivity contribution is -0.113. The molecule has 1 aliphatic heterocycles. The van der Waals surface area contributed by atoms with Gasteiger partial charge in [-0.25, -0.2) is 13.1 Å². The van der Waals surface area contributed by atoms with Crippen molar-refractivity contribution >= 4 is 45.0 Å². The summed E-state index contributed by atoms with van der Waals surface area (Å²) in [5.74, 6) is 6.34. The van der Waals surface area contributed by atoms with Crippen molar-refractivity contribution in [3.8, 4) is 11.6 Å². The summed E-state index contributed by atoms with van der Waals surface area (Å²) in [5, 5.41) is 11.0. The summed E-state index contributed by atoms with van der Waals surface area (Å²) in [5.41, 5.74) is 0.303. The van der Waals surface area contributed by atoms with Crippen molar-refractivity contribution in [3.63, 3.8) is 0 Å². The maximum absolute atomic E-state index is 12.9. The Morgan fingerprint density at radius 2 is 2.03 bits per heavy atom. The zero-order valence-corrected chi connectivity index (χ0v) is 19.0. The molecular weight excluding hydrogens is 480 g/mol. The van der Waals surface area contributed by atoms with E-state index in [2.05, 4.69) is 15.5 Å². The van der Waals surface area contributed by atoms with Crippen LogP contribution >= 0.6 is 23.4 Å². The van der Waals surface area contributed by atoms with Gasteiger partial charge in [0.1, 0.15) is 4.90 Å². The minimum absolute atomic E-state index is 0.0261. The van der Waals surface area contributed by atoms with Crippen molar-refractivity contribution in [1.82, 2.24) is 19.2 Å². The summed E-state index contributed by atoms with van der Waals surface area (Å²) in [4.78, 5) is 12.3. The molecule has 1 amide bonds. The Hall–Kier alpha value is -2.58. The lowest BCUT2D eigenvalue weighted by Crippen LogP contribution is -2.40. The molecule has 1 fully saturated rings. The lowest BCUT2D eigenvalue weighted by atomic mass is 10.3. The zero-order chi connectivity index (χ0) is 22.7. The Bertz CT molecular complexity index is 1210. The second kappa shape index (κ2) is 9.50. The van der Waals surface area contributed by atoms with Gasteiger partial charge in [-0.3, -0.25) is 4.79 Å². The predicted octanol–water partition coefficient (Wildman–Crippen LogP) is 1.66. The van der Waals surface area contributed by atoms with Gasteiger partial charge in [-0.1, -0.05) is 23.4 Å². The summed E-state index contributed by atoms with van der Waals surface area (Å²) < 4.78 is 38.8. The lowest BCUT2D eigenvalue weighted by Gasteiger charge is -2.26. The number of hydrogen-bond acceptors (Lipinski definition) is 9. The molecule has 1 aliphatic rings. The molecule has 4 rings (SSSR count). The van der Waals surface area contributed by atoms with Gasteiger partial charge < -0.3 is 20.3 Å². The van der Waals surface area contributed by atoms with Crippen LogP contribution in [-0.4, -0.2) is 65.6 Å². The SMILES string of the molecule is Nn1c(SCC(=O)Nc2ccc(Cl)c(S(=O)(=O)N3CCOCC3)c2)nnc1-c1ccco1. The fourth-order valence-electron chi connectivity index (χ4n) is 2.98. The molecule has 2 aromatic heterocycles. The fourth-order valence-corrected chi connectivity index (χ4v) is 5.55. The van der Waals surface area contributed by atoms with E-state index in [1.807, 2.05) is 0 Å². The Morgan fingerprint density at radius 1 is 1.25 bits per heavy atom. The van der Waals surface area contributed by atoms with E-state index < -0.39 is 10.0 Å².